The molecule has 0 atom stereocenters. The van der Waals surface area contributed by atoms with E-state index in [1.54, 1.807) is 0 Å². The molecule has 2 heterocycles. The second-order valence-electron chi connectivity index (χ2n) is 12.9. The SMILES string of the molecule is c1ccc(-c2cc(-c3ccccc3)cc(N(c3ccc4oc5ccccc5c4c3)c3c(-c4ccccc4)ccc4c3sc3ccccc34)c2)cc1. The average molecular weight is 670 g/mol. The topological polar surface area (TPSA) is 16.4 Å². The molecule has 0 saturated carbocycles. The Kier molecular flexibility index (Phi) is 7.04. The lowest BCUT2D eigenvalue weighted by Gasteiger charge is -2.29. The molecule has 0 amide bonds. The summed E-state index contributed by atoms with van der Waals surface area (Å²) in [5.41, 5.74) is 12.1. The van der Waals surface area contributed by atoms with Gasteiger partial charge in [-0.15, -0.1) is 11.3 Å². The van der Waals surface area contributed by atoms with E-state index in [4.69, 9.17) is 4.42 Å². The zero-order valence-corrected chi connectivity index (χ0v) is 28.5. The van der Waals surface area contributed by atoms with E-state index in [0.29, 0.717) is 0 Å². The molecule has 0 aliphatic carbocycles. The van der Waals surface area contributed by atoms with Crippen molar-refractivity contribution in [1.29, 1.82) is 0 Å². The molecule has 2 nitrogen and oxygen atoms in total. The number of nitrogens with zero attached hydrogens (tertiary/aromatic N) is 1. The van der Waals surface area contributed by atoms with Crippen molar-refractivity contribution in [2.75, 3.05) is 4.90 Å². The number of thiophene rings is 1. The summed E-state index contributed by atoms with van der Waals surface area (Å²) >= 11 is 1.86. The van der Waals surface area contributed by atoms with Crippen LogP contribution < -0.4 is 4.90 Å². The molecule has 0 radical (unpaired) electrons. The zero-order valence-electron chi connectivity index (χ0n) is 27.7. The van der Waals surface area contributed by atoms with Gasteiger partial charge in [-0.3, -0.25) is 0 Å². The van der Waals surface area contributed by atoms with Gasteiger partial charge in [0.1, 0.15) is 11.2 Å². The summed E-state index contributed by atoms with van der Waals surface area (Å²) in [6.45, 7) is 0. The van der Waals surface area contributed by atoms with Gasteiger partial charge in [-0.05, 0) is 76.3 Å². The van der Waals surface area contributed by atoms with Crippen LogP contribution in [0.4, 0.5) is 17.1 Å². The predicted octanol–water partition coefficient (Wildman–Crippen LogP) is 14.4. The van der Waals surface area contributed by atoms with Crippen molar-refractivity contribution in [2.45, 2.75) is 0 Å². The van der Waals surface area contributed by atoms with Crippen LogP contribution in [0.5, 0.6) is 0 Å². The third-order valence-corrected chi connectivity index (χ3v) is 11.0. The summed E-state index contributed by atoms with van der Waals surface area (Å²) in [6.07, 6.45) is 0. The second-order valence-corrected chi connectivity index (χ2v) is 14.0. The van der Waals surface area contributed by atoms with Crippen molar-refractivity contribution >= 4 is 70.5 Å². The summed E-state index contributed by atoms with van der Waals surface area (Å²) in [5, 5.41) is 4.74. The molecule has 0 N–H and O–H groups in total. The first-order valence-corrected chi connectivity index (χ1v) is 18.1. The molecule has 3 heteroatoms. The zero-order chi connectivity index (χ0) is 33.7. The first kappa shape index (κ1) is 29.5. The first-order valence-electron chi connectivity index (χ1n) is 17.3. The Morgan fingerprint density at radius 2 is 0.961 bits per heavy atom. The maximum atomic E-state index is 6.34. The van der Waals surface area contributed by atoms with Gasteiger partial charge in [-0.25, -0.2) is 0 Å². The minimum atomic E-state index is 0.881. The number of fused-ring (bicyclic) bond motifs is 6. The van der Waals surface area contributed by atoms with Crippen molar-refractivity contribution < 1.29 is 4.42 Å². The highest BCUT2D eigenvalue weighted by atomic mass is 32.1. The standard InChI is InChI=1S/C48H31NOS/c1-4-14-32(15-5-1)35-28-36(33-16-6-2-7-17-33)30-38(29-35)49(37-24-27-45-43(31-37)40-20-10-12-22-44(40)50-45)47-39(34-18-8-3-9-19-34)25-26-42-41-21-11-13-23-46(41)51-48(42)47/h1-31H. The normalized spacial score (nSPS) is 11.5. The third kappa shape index (κ3) is 5.10. The Hall–Kier alpha value is -6.42. The molecule has 240 valence electrons. The highest BCUT2D eigenvalue weighted by molar-refractivity contribution is 7.26. The molecule has 0 fully saturated rings. The van der Waals surface area contributed by atoms with Crippen molar-refractivity contribution in [3.63, 3.8) is 0 Å². The van der Waals surface area contributed by atoms with Crippen molar-refractivity contribution in [3.8, 4) is 33.4 Å². The molecule has 10 rings (SSSR count). The molecular weight excluding hydrogens is 639 g/mol. The van der Waals surface area contributed by atoms with Gasteiger partial charge in [-0.1, -0.05) is 140 Å². The molecule has 0 spiro atoms. The molecule has 10 aromatic rings. The highest BCUT2D eigenvalue weighted by Gasteiger charge is 2.24. The van der Waals surface area contributed by atoms with Crippen LogP contribution in [0.1, 0.15) is 0 Å². The van der Waals surface area contributed by atoms with E-state index in [9.17, 15) is 0 Å². The number of anilines is 3. The largest absolute Gasteiger partial charge is 0.456 e. The Balaban J connectivity index is 1.34. The molecule has 51 heavy (non-hydrogen) atoms. The van der Waals surface area contributed by atoms with Gasteiger partial charge in [0.15, 0.2) is 0 Å². The molecule has 2 aromatic heterocycles. The Morgan fingerprint density at radius 1 is 0.373 bits per heavy atom. The van der Waals surface area contributed by atoms with Crippen LogP contribution in [0.15, 0.2) is 192 Å². The minimum Gasteiger partial charge on any atom is -0.456 e. The molecule has 8 aromatic carbocycles. The summed E-state index contributed by atoms with van der Waals surface area (Å²) in [7, 11) is 0. The number of benzene rings is 8. The minimum absolute atomic E-state index is 0.881. The van der Waals surface area contributed by atoms with Gasteiger partial charge in [0.05, 0.1) is 10.4 Å². The van der Waals surface area contributed by atoms with Crippen molar-refractivity contribution in [3.05, 3.63) is 188 Å². The van der Waals surface area contributed by atoms with Gasteiger partial charge in [0.2, 0.25) is 0 Å². The number of hydrogen-bond acceptors (Lipinski definition) is 3. The van der Waals surface area contributed by atoms with E-state index in [0.717, 1.165) is 50.1 Å². The van der Waals surface area contributed by atoms with Gasteiger partial charge in [0.25, 0.3) is 0 Å². The van der Waals surface area contributed by atoms with Crippen LogP contribution in [0.3, 0.4) is 0 Å². The molecule has 0 aliphatic rings. The fourth-order valence-electron chi connectivity index (χ4n) is 7.44. The molecule has 0 aliphatic heterocycles. The van der Waals surface area contributed by atoms with Gasteiger partial charge >= 0.3 is 0 Å². The highest BCUT2D eigenvalue weighted by Crippen LogP contribution is 2.51. The van der Waals surface area contributed by atoms with Gasteiger partial charge in [-0.2, -0.15) is 0 Å². The lowest BCUT2D eigenvalue weighted by molar-refractivity contribution is 0.669. The second kappa shape index (κ2) is 12.2. The van der Waals surface area contributed by atoms with Gasteiger partial charge < -0.3 is 9.32 Å². The first-order chi connectivity index (χ1) is 25.3. The Morgan fingerprint density at radius 3 is 1.67 bits per heavy atom. The van der Waals surface area contributed by atoms with E-state index >= 15 is 0 Å². The quantitative estimate of drug-likeness (QED) is 0.175. The summed E-state index contributed by atoms with van der Waals surface area (Å²) in [6, 6.07) is 67.6. The van der Waals surface area contributed by atoms with Crippen molar-refractivity contribution in [1.82, 2.24) is 0 Å². The van der Waals surface area contributed by atoms with Crippen LogP contribution in [-0.2, 0) is 0 Å². The Labute approximate surface area is 300 Å². The Bertz CT molecular complexity index is 2790. The number of rotatable bonds is 6. The van der Waals surface area contributed by atoms with Crippen LogP contribution >= 0.6 is 11.3 Å². The predicted molar refractivity (Wildman–Crippen MR) is 218 cm³/mol. The summed E-state index contributed by atoms with van der Waals surface area (Å²) < 4.78 is 8.87. The lowest BCUT2D eigenvalue weighted by atomic mass is 9.96. The monoisotopic (exact) mass is 669 g/mol. The lowest BCUT2D eigenvalue weighted by Crippen LogP contribution is -2.12. The number of para-hydroxylation sites is 1. The average Bonchev–Trinajstić information content (AvgIpc) is 3.77. The van der Waals surface area contributed by atoms with Crippen LogP contribution in [0, 0.1) is 0 Å². The molecule has 0 unspecified atom stereocenters. The fourth-order valence-corrected chi connectivity index (χ4v) is 8.68. The number of hydrogen-bond donors (Lipinski definition) is 0. The van der Waals surface area contributed by atoms with E-state index in [-0.39, 0.29) is 0 Å². The van der Waals surface area contributed by atoms with E-state index in [2.05, 4.69) is 181 Å². The van der Waals surface area contributed by atoms with Crippen LogP contribution in [0.25, 0.3) is 75.5 Å². The maximum absolute atomic E-state index is 6.34. The number of furan rings is 1. The molecule has 0 bridgehead atoms. The fraction of sp³-hybridized carbons (Fsp3) is 0. The van der Waals surface area contributed by atoms with Crippen molar-refractivity contribution in [2.24, 2.45) is 0 Å². The van der Waals surface area contributed by atoms with Gasteiger partial charge in [0, 0.05) is 43.2 Å². The molecular formula is C48H31NOS. The molecule has 0 saturated heterocycles. The van der Waals surface area contributed by atoms with Crippen LogP contribution in [-0.4, -0.2) is 0 Å². The van der Waals surface area contributed by atoms with E-state index in [1.807, 2.05) is 23.5 Å². The summed E-state index contributed by atoms with van der Waals surface area (Å²) in [5.74, 6) is 0. The maximum Gasteiger partial charge on any atom is 0.135 e. The summed E-state index contributed by atoms with van der Waals surface area (Å²) in [4.78, 5) is 2.49. The van der Waals surface area contributed by atoms with E-state index in [1.165, 1.54) is 42.4 Å². The third-order valence-electron chi connectivity index (χ3n) is 9.84. The van der Waals surface area contributed by atoms with Crippen LogP contribution in [0.2, 0.25) is 0 Å². The smallest absolute Gasteiger partial charge is 0.135 e. The van der Waals surface area contributed by atoms with E-state index < -0.39 is 0 Å².